The van der Waals surface area contributed by atoms with Gasteiger partial charge in [0, 0.05) is 12.0 Å². The van der Waals surface area contributed by atoms with Crippen LogP contribution in [0.25, 0.3) is 0 Å². The Balaban J connectivity index is 1.87. The van der Waals surface area contributed by atoms with Crippen LogP contribution in [0.2, 0.25) is 0 Å². The summed E-state index contributed by atoms with van der Waals surface area (Å²) in [6, 6.07) is 6.63. The van der Waals surface area contributed by atoms with Crippen molar-refractivity contribution < 1.29 is 9.84 Å². The number of benzene rings is 1. The fourth-order valence-corrected chi connectivity index (χ4v) is 3.53. The Bertz CT molecular complexity index is 464. The van der Waals surface area contributed by atoms with Crippen molar-refractivity contribution in [2.75, 3.05) is 13.2 Å². The van der Waals surface area contributed by atoms with Gasteiger partial charge in [-0.1, -0.05) is 23.8 Å². The Hall–Kier alpha value is -0.860. The predicted octanol–water partition coefficient (Wildman–Crippen LogP) is 3.02. The van der Waals surface area contributed by atoms with Crippen LogP contribution >= 0.6 is 0 Å². The second-order valence-electron chi connectivity index (χ2n) is 6.51. The largest absolute Gasteiger partial charge is 0.396 e. The molecular formula is C17H24O2. The highest BCUT2D eigenvalue weighted by atomic mass is 16.5. The lowest BCUT2D eigenvalue weighted by Gasteiger charge is -2.33. The number of hydrogen-bond acceptors (Lipinski definition) is 2. The molecule has 1 N–H and O–H groups in total. The molecule has 2 unspecified atom stereocenters. The molecule has 1 heterocycles. The summed E-state index contributed by atoms with van der Waals surface area (Å²) in [5.41, 5.74) is 3.97. The number of rotatable bonds is 4. The first kappa shape index (κ1) is 13.1. The molecule has 1 aliphatic heterocycles. The van der Waals surface area contributed by atoms with E-state index in [0.717, 1.165) is 19.4 Å². The van der Waals surface area contributed by atoms with Crippen LogP contribution < -0.4 is 0 Å². The molecule has 0 bridgehead atoms. The topological polar surface area (TPSA) is 29.5 Å². The van der Waals surface area contributed by atoms with Gasteiger partial charge < -0.3 is 9.84 Å². The number of aryl methyl sites for hydroxylation is 2. The number of aliphatic hydroxyl groups excluding tert-OH is 1. The quantitative estimate of drug-likeness (QED) is 0.901. The van der Waals surface area contributed by atoms with E-state index in [9.17, 15) is 5.11 Å². The van der Waals surface area contributed by atoms with E-state index < -0.39 is 0 Å². The third-order valence-corrected chi connectivity index (χ3v) is 4.91. The maximum atomic E-state index is 10.0. The maximum Gasteiger partial charge on any atom is 0.0685 e. The number of aliphatic hydroxyl groups is 1. The van der Waals surface area contributed by atoms with E-state index in [2.05, 4.69) is 32.0 Å². The van der Waals surface area contributed by atoms with Gasteiger partial charge in [0.15, 0.2) is 0 Å². The van der Waals surface area contributed by atoms with E-state index in [4.69, 9.17) is 4.74 Å². The molecule has 0 amide bonds. The Morgan fingerprint density at radius 1 is 1.32 bits per heavy atom. The molecule has 3 rings (SSSR count). The molecule has 104 valence electrons. The molecular weight excluding hydrogens is 236 g/mol. The van der Waals surface area contributed by atoms with Gasteiger partial charge in [-0.05, 0) is 56.6 Å². The molecule has 1 aromatic rings. The average Bonchev–Trinajstić information content (AvgIpc) is 3.16. The summed E-state index contributed by atoms with van der Waals surface area (Å²) in [5, 5.41) is 10.0. The predicted molar refractivity (Wildman–Crippen MR) is 76.2 cm³/mol. The van der Waals surface area contributed by atoms with Crippen LogP contribution in [0.3, 0.4) is 0 Å². The molecule has 19 heavy (non-hydrogen) atoms. The van der Waals surface area contributed by atoms with Gasteiger partial charge in [0.05, 0.1) is 12.7 Å². The van der Waals surface area contributed by atoms with Crippen molar-refractivity contribution in [2.45, 2.75) is 45.6 Å². The van der Waals surface area contributed by atoms with Gasteiger partial charge in [-0.3, -0.25) is 0 Å². The standard InChI is InChI=1S/C17H24O2/c1-12-3-4-13(2)15(9-12)10-17(11-18)7-8-19-16(17)14-5-6-14/h3-4,9,14,16,18H,5-8,10-11H2,1-2H3. The monoisotopic (exact) mass is 260 g/mol. The van der Waals surface area contributed by atoms with Crippen molar-refractivity contribution in [3.05, 3.63) is 34.9 Å². The van der Waals surface area contributed by atoms with Crippen LogP contribution in [0.4, 0.5) is 0 Å². The Kier molecular flexibility index (Phi) is 3.40. The van der Waals surface area contributed by atoms with Crippen LogP contribution in [0.15, 0.2) is 18.2 Å². The fourth-order valence-electron chi connectivity index (χ4n) is 3.53. The van der Waals surface area contributed by atoms with Gasteiger partial charge in [0.1, 0.15) is 0 Å². The molecule has 1 saturated carbocycles. The Morgan fingerprint density at radius 3 is 2.79 bits per heavy atom. The van der Waals surface area contributed by atoms with Crippen molar-refractivity contribution in [2.24, 2.45) is 11.3 Å². The first-order chi connectivity index (χ1) is 9.14. The first-order valence-corrected chi connectivity index (χ1v) is 7.43. The van der Waals surface area contributed by atoms with Gasteiger partial charge in [-0.2, -0.15) is 0 Å². The van der Waals surface area contributed by atoms with Gasteiger partial charge in [-0.15, -0.1) is 0 Å². The molecule has 2 heteroatoms. The van der Waals surface area contributed by atoms with E-state index in [-0.39, 0.29) is 18.1 Å². The minimum Gasteiger partial charge on any atom is -0.396 e. The van der Waals surface area contributed by atoms with Crippen LogP contribution in [0.5, 0.6) is 0 Å². The number of hydrogen-bond donors (Lipinski definition) is 1. The average molecular weight is 260 g/mol. The van der Waals surface area contributed by atoms with Crippen molar-refractivity contribution in [3.63, 3.8) is 0 Å². The zero-order chi connectivity index (χ0) is 13.5. The van der Waals surface area contributed by atoms with Crippen LogP contribution in [-0.4, -0.2) is 24.4 Å². The molecule has 2 fully saturated rings. The summed E-state index contributed by atoms with van der Waals surface area (Å²) < 4.78 is 5.97. The zero-order valence-corrected chi connectivity index (χ0v) is 12.0. The molecule has 2 atom stereocenters. The zero-order valence-electron chi connectivity index (χ0n) is 12.0. The molecule has 1 saturated heterocycles. The van der Waals surface area contributed by atoms with Crippen LogP contribution in [0, 0.1) is 25.2 Å². The number of ether oxygens (including phenoxy) is 1. The van der Waals surface area contributed by atoms with Crippen LogP contribution in [0.1, 0.15) is 36.0 Å². The fraction of sp³-hybridized carbons (Fsp3) is 0.647. The van der Waals surface area contributed by atoms with E-state index in [1.165, 1.54) is 29.5 Å². The van der Waals surface area contributed by atoms with Crippen molar-refractivity contribution >= 4 is 0 Å². The minimum atomic E-state index is -0.0419. The highest BCUT2D eigenvalue weighted by Crippen LogP contribution is 2.49. The van der Waals surface area contributed by atoms with Crippen LogP contribution in [-0.2, 0) is 11.2 Å². The van der Waals surface area contributed by atoms with Crippen molar-refractivity contribution in [3.8, 4) is 0 Å². The highest BCUT2D eigenvalue weighted by Gasteiger charge is 2.50. The van der Waals surface area contributed by atoms with Gasteiger partial charge in [0.2, 0.25) is 0 Å². The lowest BCUT2D eigenvalue weighted by Crippen LogP contribution is -2.38. The summed E-state index contributed by atoms with van der Waals surface area (Å²) in [7, 11) is 0. The van der Waals surface area contributed by atoms with Gasteiger partial charge in [-0.25, -0.2) is 0 Å². The van der Waals surface area contributed by atoms with E-state index >= 15 is 0 Å². The van der Waals surface area contributed by atoms with E-state index in [1.807, 2.05) is 0 Å². The second-order valence-corrected chi connectivity index (χ2v) is 6.51. The SMILES string of the molecule is Cc1ccc(C)c(CC2(CO)CCOC2C2CC2)c1. The summed E-state index contributed by atoms with van der Waals surface area (Å²) >= 11 is 0. The minimum absolute atomic E-state index is 0.0419. The van der Waals surface area contributed by atoms with Gasteiger partial charge >= 0.3 is 0 Å². The Labute approximate surface area is 115 Å². The van der Waals surface area contributed by atoms with Crippen molar-refractivity contribution in [1.82, 2.24) is 0 Å². The van der Waals surface area contributed by atoms with E-state index in [0.29, 0.717) is 5.92 Å². The van der Waals surface area contributed by atoms with Crippen molar-refractivity contribution in [1.29, 1.82) is 0 Å². The molecule has 2 nitrogen and oxygen atoms in total. The highest BCUT2D eigenvalue weighted by molar-refractivity contribution is 5.32. The smallest absolute Gasteiger partial charge is 0.0685 e. The molecule has 1 aromatic carbocycles. The summed E-state index contributed by atoms with van der Waals surface area (Å²) in [6.07, 6.45) is 4.78. The maximum absolute atomic E-state index is 10.0. The molecule has 0 aromatic heterocycles. The Morgan fingerprint density at radius 2 is 2.11 bits per heavy atom. The summed E-state index contributed by atoms with van der Waals surface area (Å²) in [6.45, 7) is 5.37. The molecule has 2 aliphatic rings. The van der Waals surface area contributed by atoms with E-state index in [1.54, 1.807) is 0 Å². The van der Waals surface area contributed by atoms with Gasteiger partial charge in [0.25, 0.3) is 0 Å². The first-order valence-electron chi connectivity index (χ1n) is 7.43. The third-order valence-electron chi connectivity index (χ3n) is 4.91. The molecule has 0 radical (unpaired) electrons. The normalized spacial score (nSPS) is 30.8. The summed E-state index contributed by atoms with van der Waals surface area (Å²) in [5.74, 6) is 0.694. The summed E-state index contributed by atoms with van der Waals surface area (Å²) in [4.78, 5) is 0. The lowest BCUT2D eigenvalue weighted by molar-refractivity contribution is 0.000516. The molecule has 0 spiro atoms. The lowest BCUT2D eigenvalue weighted by atomic mass is 9.74. The third kappa shape index (κ3) is 2.44. The molecule has 1 aliphatic carbocycles. The second kappa shape index (κ2) is 4.92.